The molecule has 1 heterocycles. The summed E-state index contributed by atoms with van der Waals surface area (Å²) in [5.41, 5.74) is 0.496. The van der Waals surface area contributed by atoms with Crippen LogP contribution in [0.25, 0.3) is 0 Å². The first-order valence-corrected chi connectivity index (χ1v) is 6.82. The zero-order chi connectivity index (χ0) is 13.5. The van der Waals surface area contributed by atoms with Crippen molar-refractivity contribution < 1.29 is 14.3 Å². The van der Waals surface area contributed by atoms with Crippen molar-refractivity contribution in [1.29, 1.82) is 0 Å². The lowest BCUT2D eigenvalue weighted by Crippen LogP contribution is -2.28. The van der Waals surface area contributed by atoms with Gasteiger partial charge in [0.15, 0.2) is 0 Å². The van der Waals surface area contributed by atoms with Crippen LogP contribution in [-0.2, 0) is 4.74 Å². The van der Waals surface area contributed by atoms with Gasteiger partial charge in [0.2, 0.25) is 0 Å². The van der Waals surface area contributed by atoms with E-state index in [0.29, 0.717) is 17.9 Å². The average Bonchev–Trinajstić information content (AvgIpc) is 2.48. The van der Waals surface area contributed by atoms with Gasteiger partial charge in [-0.05, 0) is 50.4 Å². The second kappa shape index (κ2) is 8.82. The monoisotopic (exact) mass is 299 g/mol. The SMILES string of the molecule is COC(=O)c1ccccc1OCCC1CCNCC1.Cl. The van der Waals surface area contributed by atoms with E-state index in [0.717, 1.165) is 25.4 Å². The number of hydrogen-bond acceptors (Lipinski definition) is 4. The highest BCUT2D eigenvalue weighted by molar-refractivity contribution is 5.92. The number of nitrogens with one attached hydrogen (secondary N) is 1. The zero-order valence-corrected chi connectivity index (χ0v) is 12.6. The maximum atomic E-state index is 11.6. The van der Waals surface area contributed by atoms with E-state index in [-0.39, 0.29) is 18.4 Å². The highest BCUT2D eigenvalue weighted by Crippen LogP contribution is 2.21. The van der Waals surface area contributed by atoms with Gasteiger partial charge in [0, 0.05) is 0 Å². The molecule has 0 unspecified atom stereocenters. The van der Waals surface area contributed by atoms with E-state index in [1.807, 2.05) is 18.2 Å². The Balaban J connectivity index is 0.00000200. The Morgan fingerprint density at radius 2 is 2.00 bits per heavy atom. The molecule has 0 bridgehead atoms. The summed E-state index contributed by atoms with van der Waals surface area (Å²) in [6, 6.07) is 7.22. The highest BCUT2D eigenvalue weighted by atomic mass is 35.5. The van der Waals surface area contributed by atoms with Crippen LogP contribution < -0.4 is 10.1 Å². The average molecular weight is 300 g/mol. The molecule has 1 aliphatic heterocycles. The third-order valence-electron chi connectivity index (χ3n) is 3.53. The van der Waals surface area contributed by atoms with Crippen LogP contribution in [0.2, 0.25) is 0 Å². The molecule has 1 aliphatic rings. The van der Waals surface area contributed by atoms with Crippen molar-refractivity contribution in [1.82, 2.24) is 5.32 Å². The second-order valence-corrected chi connectivity index (χ2v) is 4.82. The lowest BCUT2D eigenvalue weighted by molar-refractivity contribution is 0.0595. The molecule has 1 N–H and O–H groups in total. The highest BCUT2D eigenvalue weighted by Gasteiger charge is 2.15. The maximum Gasteiger partial charge on any atom is 0.341 e. The molecule has 4 nitrogen and oxygen atoms in total. The molecule has 0 amide bonds. The fraction of sp³-hybridized carbons (Fsp3) is 0.533. The summed E-state index contributed by atoms with van der Waals surface area (Å²) >= 11 is 0. The lowest BCUT2D eigenvalue weighted by Gasteiger charge is -2.22. The molecule has 1 fully saturated rings. The minimum atomic E-state index is -0.350. The topological polar surface area (TPSA) is 47.6 Å². The van der Waals surface area contributed by atoms with E-state index in [4.69, 9.17) is 9.47 Å². The molecule has 0 aromatic heterocycles. The molecule has 0 radical (unpaired) electrons. The van der Waals surface area contributed by atoms with Crippen LogP contribution in [0.1, 0.15) is 29.6 Å². The number of methoxy groups -OCH3 is 1. The third kappa shape index (κ3) is 4.69. The first-order chi connectivity index (χ1) is 9.31. The maximum absolute atomic E-state index is 11.6. The first-order valence-electron chi connectivity index (χ1n) is 6.82. The Morgan fingerprint density at radius 3 is 2.70 bits per heavy atom. The minimum Gasteiger partial charge on any atom is -0.493 e. The Kier molecular flexibility index (Phi) is 7.41. The van der Waals surface area contributed by atoms with Crippen molar-refractivity contribution in [2.24, 2.45) is 5.92 Å². The number of halogens is 1. The van der Waals surface area contributed by atoms with E-state index in [1.54, 1.807) is 6.07 Å². The molecule has 2 rings (SSSR count). The summed E-state index contributed by atoms with van der Waals surface area (Å²) < 4.78 is 10.5. The van der Waals surface area contributed by atoms with Crippen LogP contribution in [0.15, 0.2) is 24.3 Å². The van der Waals surface area contributed by atoms with Crippen LogP contribution in [0.4, 0.5) is 0 Å². The number of rotatable bonds is 5. The van der Waals surface area contributed by atoms with Gasteiger partial charge in [-0.1, -0.05) is 12.1 Å². The van der Waals surface area contributed by atoms with E-state index in [2.05, 4.69) is 5.32 Å². The van der Waals surface area contributed by atoms with E-state index in [1.165, 1.54) is 20.0 Å². The number of hydrogen-bond donors (Lipinski definition) is 1. The molecule has 20 heavy (non-hydrogen) atoms. The number of benzene rings is 1. The summed E-state index contributed by atoms with van der Waals surface area (Å²) in [7, 11) is 1.38. The van der Waals surface area contributed by atoms with Gasteiger partial charge < -0.3 is 14.8 Å². The zero-order valence-electron chi connectivity index (χ0n) is 11.8. The van der Waals surface area contributed by atoms with Gasteiger partial charge in [0.25, 0.3) is 0 Å². The second-order valence-electron chi connectivity index (χ2n) is 4.82. The summed E-state index contributed by atoms with van der Waals surface area (Å²) in [4.78, 5) is 11.6. The van der Waals surface area contributed by atoms with Crippen molar-refractivity contribution in [3.05, 3.63) is 29.8 Å². The van der Waals surface area contributed by atoms with Crippen LogP contribution in [0.3, 0.4) is 0 Å². The molecule has 112 valence electrons. The Morgan fingerprint density at radius 1 is 1.30 bits per heavy atom. The van der Waals surface area contributed by atoms with Crippen molar-refractivity contribution in [3.8, 4) is 5.75 Å². The molecule has 0 atom stereocenters. The lowest BCUT2D eigenvalue weighted by atomic mass is 9.95. The standard InChI is InChI=1S/C15H21NO3.ClH/c1-18-15(17)13-4-2-3-5-14(13)19-11-8-12-6-9-16-10-7-12;/h2-5,12,16H,6-11H2,1H3;1H. The van der Waals surface area contributed by atoms with Crippen LogP contribution >= 0.6 is 12.4 Å². The predicted molar refractivity (Wildman–Crippen MR) is 80.7 cm³/mol. The molecular weight excluding hydrogens is 278 g/mol. The smallest absolute Gasteiger partial charge is 0.341 e. The normalized spacial score (nSPS) is 15.2. The van der Waals surface area contributed by atoms with Crippen molar-refractivity contribution >= 4 is 18.4 Å². The van der Waals surface area contributed by atoms with Gasteiger partial charge >= 0.3 is 5.97 Å². The van der Waals surface area contributed by atoms with Gasteiger partial charge in [-0.25, -0.2) is 4.79 Å². The fourth-order valence-corrected chi connectivity index (χ4v) is 2.38. The molecule has 0 spiro atoms. The number of carbonyl (C=O) groups excluding carboxylic acids is 1. The van der Waals surface area contributed by atoms with Gasteiger partial charge in [0.1, 0.15) is 11.3 Å². The number of ether oxygens (including phenoxy) is 2. The summed E-state index contributed by atoms with van der Waals surface area (Å²) in [6.07, 6.45) is 3.46. The molecule has 1 aromatic rings. The summed E-state index contributed by atoms with van der Waals surface area (Å²) in [5.74, 6) is 0.993. The Labute approximate surface area is 126 Å². The predicted octanol–water partition coefficient (Wildman–Crippen LogP) is 2.66. The quantitative estimate of drug-likeness (QED) is 0.849. The van der Waals surface area contributed by atoms with Crippen molar-refractivity contribution in [3.63, 3.8) is 0 Å². The summed E-state index contributed by atoms with van der Waals surface area (Å²) in [6.45, 7) is 2.85. The van der Waals surface area contributed by atoms with Gasteiger partial charge in [-0.15, -0.1) is 12.4 Å². The number of para-hydroxylation sites is 1. The number of piperidine rings is 1. The van der Waals surface area contributed by atoms with Crippen LogP contribution in [0, 0.1) is 5.92 Å². The van der Waals surface area contributed by atoms with E-state index in [9.17, 15) is 4.79 Å². The largest absolute Gasteiger partial charge is 0.493 e. The molecule has 1 saturated heterocycles. The number of esters is 1. The molecular formula is C15H22ClNO3. The molecule has 0 saturated carbocycles. The molecule has 5 heteroatoms. The van der Waals surface area contributed by atoms with Crippen LogP contribution in [0.5, 0.6) is 5.75 Å². The van der Waals surface area contributed by atoms with Gasteiger partial charge in [0.05, 0.1) is 13.7 Å². The minimum absolute atomic E-state index is 0. The fourth-order valence-electron chi connectivity index (χ4n) is 2.38. The van der Waals surface area contributed by atoms with Crippen LogP contribution in [-0.4, -0.2) is 32.8 Å². The van der Waals surface area contributed by atoms with Gasteiger partial charge in [-0.3, -0.25) is 0 Å². The third-order valence-corrected chi connectivity index (χ3v) is 3.53. The van der Waals surface area contributed by atoms with Crippen molar-refractivity contribution in [2.45, 2.75) is 19.3 Å². The van der Waals surface area contributed by atoms with Gasteiger partial charge in [-0.2, -0.15) is 0 Å². The summed E-state index contributed by atoms with van der Waals surface area (Å²) in [5, 5.41) is 3.35. The van der Waals surface area contributed by atoms with E-state index >= 15 is 0 Å². The first kappa shape index (κ1) is 16.8. The number of carbonyl (C=O) groups is 1. The molecule has 1 aromatic carbocycles. The molecule has 0 aliphatic carbocycles. The Bertz CT molecular complexity index is 419. The Hall–Kier alpha value is -1.26. The van der Waals surface area contributed by atoms with E-state index < -0.39 is 0 Å². The van der Waals surface area contributed by atoms with Crippen molar-refractivity contribution in [2.75, 3.05) is 26.8 Å².